The summed E-state index contributed by atoms with van der Waals surface area (Å²) in [6.45, 7) is 4.76. The number of para-hydroxylation sites is 1. The van der Waals surface area contributed by atoms with Crippen molar-refractivity contribution in [1.82, 2.24) is 4.98 Å². The average Bonchev–Trinajstić information content (AvgIpc) is 3.02. The smallest absolute Gasteiger partial charge is 0.235 e. The van der Waals surface area contributed by atoms with Crippen LogP contribution < -0.4 is 10.6 Å². The zero-order chi connectivity index (χ0) is 14.1. The SMILES string of the molecule is CCc1nc(NC(=O)C2CNc3ccccc32)sc1C. The second-order valence-corrected chi connectivity index (χ2v) is 6.09. The standard InChI is InChI=1S/C15H17N3OS/c1-3-12-9(2)20-15(17-12)18-14(19)11-8-16-13-7-5-4-6-10(11)13/h4-7,11,16H,3,8H2,1-2H3,(H,17,18,19). The van der Waals surface area contributed by atoms with Crippen LogP contribution in [0.25, 0.3) is 0 Å². The normalized spacial score (nSPS) is 16.6. The fourth-order valence-electron chi connectivity index (χ4n) is 2.52. The molecule has 2 N–H and O–H groups in total. The summed E-state index contributed by atoms with van der Waals surface area (Å²) >= 11 is 1.54. The number of benzene rings is 1. The lowest BCUT2D eigenvalue weighted by molar-refractivity contribution is -0.117. The summed E-state index contributed by atoms with van der Waals surface area (Å²) in [5.74, 6) is -0.126. The Morgan fingerprint density at radius 1 is 1.50 bits per heavy atom. The number of rotatable bonds is 3. The van der Waals surface area contributed by atoms with Gasteiger partial charge in [-0.25, -0.2) is 4.98 Å². The molecule has 1 aromatic heterocycles. The minimum Gasteiger partial charge on any atom is -0.384 e. The van der Waals surface area contributed by atoms with Crippen molar-refractivity contribution in [1.29, 1.82) is 0 Å². The van der Waals surface area contributed by atoms with E-state index >= 15 is 0 Å². The van der Waals surface area contributed by atoms with Gasteiger partial charge in [0.1, 0.15) is 0 Å². The number of carbonyl (C=O) groups excluding carboxylic acids is 1. The molecule has 2 heterocycles. The van der Waals surface area contributed by atoms with Gasteiger partial charge in [0.15, 0.2) is 5.13 Å². The van der Waals surface area contributed by atoms with Gasteiger partial charge in [-0.3, -0.25) is 4.79 Å². The van der Waals surface area contributed by atoms with E-state index in [1.54, 1.807) is 11.3 Å². The number of nitrogens with zero attached hydrogens (tertiary/aromatic N) is 1. The van der Waals surface area contributed by atoms with E-state index in [2.05, 4.69) is 22.5 Å². The van der Waals surface area contributed by atoms with Crippen LogP contribution in [-0.4, -0.2) is 17.4 Å². The average molecular weight is 287 g/mol. The first-order valence-corrected chi connectivity index (χ1v) is 7.60. The Kier molecular flexibility index (Phi) is 3.44. The van der Waals surface area contributed by atoms with Crippen LogP contribution in [0.2, 0.25) is 0 Å². The van der Waals surface area contributed by atoms with Crippen LogP contribution in [0.5, 0.6) is 0 Å². The van der Waals surface area contributed by atoms with Crippen molar-refractivity contribution in [3.05, 3.63) is 40.4 Å². The molecule has 0 aliphatic carbocycles. The van der Waals surface area contributed by atoms with Crippen LogP contribution in [-0.2, 0) is 11.2 Å². The van der Waals surface area contributed by atoms with Crippen LogP contribution in [0.1, 0.15) is 29.0 Å². The van der Waals surface area contributed by atoms with Crippen molar-refractivity contribution in [2.24, 2.45) is 0 Å². The summed E-state index contributed by atoms with van der Waals surface area (Å²) in [6.07, 6.45) is 0.895. The van der Waals surface area contributed by atoms with Gasteiger partial charge >= 0.3 is 0 Å². The van der Waals surface area contributed by atoms with E-state index in [1.807, 2.05) is 31.2 Å². The zero-order valence-corrected chi connectivity index (χ0v) is 12.4. The Hall–Kier alpha value is -1.88. The molecule has 0 radical (unpaired) electrons. The lowest BCUT2D eigenvalue weighted by Gasteiger charge is -2.09. The molecular weight excluding hydrogens is 270 g/mol. The van der Waals surface area contributed by atoms with Gasteiger partial charge in [0.25, 0.3) is 0 Å². The van der Waals surface area contributed by atoms with Crippen LogP contribution >= 0.6 is 11.3 Å². The van der Waals surface area contributed by atoms with Crippen molar-refractivity contribution in [2.75, 3.05) is 17.2 Å². The van der Waals surface area contributed by atoms with E-state index in [9.17, 15) is 4.79 Å². The summed E-state index contributed by atoms with van der Waals surface area (Å²) < 4.78 is 0. The highest BCUT2D eigenvalue weighted by atomic mass is 32.1. The Morgan fingerprint density at radius 2 is 2.30 bits per heavy atom. The molecule has 3 rings (SSSR count). The largest absolute Gasteiger partial charge is 0.384 e. The molecule has 0 bridgehead atoms. The number of amides is 1. The minimum absolute atomic E-state index is 0.0128. The first kappa shape index (κ1) is 13.1. The lowest BCUT2D eigenvalue weighted by atomic mass is 10.0. The molecule has 1 unspecified atom stereocenters. The maximum absolute atomic E-state index is 12.4. The van der Waals surface area contributed by atoms with Gasteiger partial charge in [-0.05, 0) is 25.0 Å². The molecule has 20 heavy (non-hydrogen) atoms. The fourth-order valence-corrected chi connectivity index (χ4v) is 3.43. The van der Waals surface area contributed by atoms with Crippen LogP contribution in [0, 0.1) is 6.92 Å². The molecule has 0 fully saturated rings. The van der Waals surface area contributed by atoms with Crippen molar-refractivity contribution < 1.29 is 4.79 Å². The van der Waals surface area contributed by atoms with Crippen molar-refractivity contribution in [2.45, 2.75) is 26.2 Å². The highest BCUT2D eigenvalue weighted by Gasteiger charge is 2.28. The molecule has 104 valence electrons. The Morgan fingerprint density at radius 3 is 3.05 bits per heavy atom. The van der Waals surface area contributed by atoms with Crippen LogP contribution in [0.3, 0.4) is 0 Å². The summed E-state index contributed by atoms with van der Waals surface area (Å²) in [4.78, 5) is 18.0. The number of aromatic nitrogens is 1. The molecular formula is C15H17N3OS. The third-order valence-corrected chi connectivity index (χ3v) is 4.54. The number of thiazole rings is 1. The Balaban J connectivity index is 1.77. The van der Waals surface area contributed by atoms with E-state index in [1.165, 1.54) is 4.88 Å². The van der Waals surface area contributed by atoms with E-state index < -0.39 is 0 Å². The molecule has 0 saturated heterocycles. The number of fused-ring (bicyclic) bond motifs is 1. The third-order valence-electron chi connectivity index (χ3n) is 3.61. The second kappa shape index (κ2) is 5.25. The van der Waals surface area contributed by atoms with Crippen LogP contribution in [0.15, 0.2) is 24.3 Å². The maximum atomic E-state index is 12.4. The number of aryl methyl sites for hydroxylation is 2. The van der Waals surface area contributed by atoms with Crippen molar-refractivity contribution in [3.63, 3.8) is 0 Å². The molecule has 5 heteroatoms. The van der Waals surface area contributed by atoms with Crippen molar-refractivity contribution in [3.8, 4) is 0 Å². The third kappa shape index (κ3) is 2.29. The van der Waals surface area contributed by atoms with E-state index in [0.29, 0.717) is 11.7 Å². The number of nitrogens with one attached hydrogen (secondary N) is 2. The van der Waals surface area contributed by atoms with Gasteiger partial charge < -0.3 is 10.6 Å². The van der Waals surface area contributed by atoms with Gasteiger partial charge in [-0.2, -0.15) is 0 Å². The summed E-state index contributed by atoms with van der Waals surface area (Å²) in [7, 11) is 0. The summed E-state index contributed by atoms with van der Waals surface area (Å²) in [5.41, 5.74) is 3.18. The van der Waals surface area contributed by atoms with Gasteiger partial charge in [0.05, 0.1) is 11.6 Å². The second-order valence-electron chi connectivity index (χ2n) is 4.89. The number of anilines is 2. The quantitative estimate of drug-likeness (QED) is 0.911. The molecule has 1 atom stereocenters. The van der Waals surface area contributed by atoms with E-state index in [0.717, 1.165) is 23.4 Å². The fraction of sp³-hybridized carbons (Fsp3) is 0.333. The van der Waals surface area contributed by atoms with Gasteiger partial charge in [0.2, 0.25) is 5.91 Å². The first-order chi connectivity index (χ1) is 9.69. The lowest BCUT2D eigenvalue weighted by Crippen LogP contribution is -2.22. The predicted octanol–water partition coefficient (Wildman–Crippen LogP) is 3.16. The number of carbonyl (C=O) groups is 1. The topological polar surface area (TPSA) is 54.0 Å². The Bertz CT molecular complexity index is 650. The highest BCUT2D eigenvalue weighted by molar-refractivity contribution is 7.15. The maximum Gasteiger partial charge on any atom is 0.235 e. The Labute approximate surface area is 122 Å². The van der Waals surface area contributed by atoms with Gasteiger partial charge in [-0.15, -0.1) is 11.3 Å². The minimum atomic E-state index is -0.138. The molecule has 1 aliphatic heterocycles. The summed E-state index contributed by atoms with van der Waals surface area (Å²) in [6, 6.07) is 7.95. The van der Waals surface area contributed by atoms with Crippen LogP contribution in [0.4, 0.5) is 10.8 Å². The van der Waals surface area contributed by atoms with Gasteiger partial charge in [0, 0.05) is 17.1 Å². The highest BCUT2D eigenvalue weighted by Crippen LogP contribution is 2.32. The van der Waals surface area contributed by atoms with Gasteiger partial charge in [-0.1, -0.05) is 25.1 Å². The van der Waals surface area contributed by atoms with E-state index in [-0.39, 0.29) is 11.8 Å². The molecule has 1 aliphatic rings. The predicted molar refractivity (Wildman–Crippen MR) is 82.5 cm³/mol. The molecule has 0 spiro atoms. The first-order valence-electron chi connectivity index (χ1n) is 6.79. The number of hydrogen-bond acceptors (Lipinski definition) is 4. The monoisotopic (exact) mass is 287 g/mol. The molecule has 2 aromatic rings. The molecule has 4 nitrogen and oxygen atoms in total. The molecule has 1 aromatic carbocycles. The van der Waals surface area contributed by atoms with E-state index in [4.69, 9.17) is 0 Å². The molecule has 1 amide bonds. The zero-order valence-electron chi connectivity index (χ0n) is 11.6. The number of hydrogen-bond donors (Lipinski definition) is 2. The molecule has 0 saturated carbocycles. The van der Waals surface area contributed by atoms with Crippen molar-refractivity contribution >= 4 is 28.1 Å². The summed E-state index contributed by atoms with van der Waals surface area (Å²) in [5, 5.41) is 6.92.